The summed E-state index contributed by atoms with van der Waals surface area (Å²) in [6, 6.07) is 18.7. The normalized spacial score (nSPS) is 11.8. The zero-order chi connectivity index (χ0) is 13.6. The number of nitrogens with zero attached hydrogens (tertiary/aromatic N) is 1. The molecule has 0 radical (unpaired) electrons. The fourth-order valence-electron chi connectivity index (χ4n) is 1.62. The highest BCUT2D eigenvalue weighted by Crippen LogP contribution is 2.04. The fourth-order valence-corrected chi connectivity index (χ4v) is 2.51. The maximum atomic E-state index is 11.8. The Morgan fingerprint density at radius 1 is 0.895 bits per heavy atom. The van der Waals surface area contributed by atoms with Crippen molar-refractivity contribution in [3.63, 3.8) is 0 Å². The molecule has 0 atom stereocenters. The maximum Gasteiger partial charge on any atom is 0.253 e. The summed E-state index contributed by atoms with van der Waals surface area (Å²) in [7, 11) is -3.41. The number of rotatable bonds is 5. The number of hydrogen-bond acceptors (Lipinski definition) is 2. The van der Waals surface area contributed by atoms with E-state index in [1.54, 1.807) is 0 Å². The summed E-state index contributed by atoms with van der Waals surface area (Å²) < 4.78 is 27.2. The van der Waals surface area contributed by atoms with Gasteiger partial charge in [-0.2, -0.15) is 4.40 Å². The minimum Gasteiger partial charge on any atom is -0.205 e. The molecule has 0 saturated carbocycles. The quantitative estimate of drug-likeness (QED) is 0.786. The van der Waals surface area contributed by atoms with Gasteiger partial charge in [-0.3, -0.25) is 0 Å². The topological polar surface area (TPSA) is 46.5 Å². The van der Waals surface area contributed by atoms with Crippen LogP contribution in [0.5, 0.6) is 0 Å². The zero-order valence-electron chi connectivity index (χ0n) is 10.4. The maximum absolute atomic E-state index is 11.8. The van der Waals surface area contributed by atoms with Gasteiger partial charge in [-0.15, -0.1) is 0 Å². The van der Waals surface area contributed by atoms with E-state index in [2.05, 4.69) is 4.40 Å². The first kappa shape index (κ1) is 13.5. The summed E-state index contributed by atoms with van der Waals surface area (Å²) in [5, 5.41) is 0. The highest BCUT2D eigenvalue weighted by atomic mass is 32.2. The van der Waals surface area contributed by atoms with Crippen LogP contribution in [-0.4, -0.2) is 20.4 Å². The van der Waals surface area contributed by atoms with E-state index in [1.165, 1.54) is 6.21 Å². The van der Waals surface area contributed by atoms with Crippen molar-refractivity contribution in [1.82, 2.24) is 0 Å². The summed E-state index contributed by atoms with van der Waals surface area (Å²) >= 11 is 0. The highest BCUT2D eigenvalue weighted by molar-refractivity contribution is 7.90. The van der Waals surface area contributed by atoms with E-state index < -0.39 is 10.0 Å². The van der Waals surface area contributed by atoms with E-state index in [1.807, 2.05) is 60.7 Å². The van der Waals surface area contributed by atoms with Crippen molar-refractivity contribution in [1.29, 1.82) is 0 Å². The molecule has 4 heteroatoms. The van der Waals surface area contributed by atoms with Crippen LogP contribution in [0.2, 0.25) is 0 Å². The van der Waals surface area contributed by atoms with Crippen LogP contribution in [0.15, 0.2) is 65.1 Å². The minimum atomic E-state index is -3.41. The Labute approximate surface area is 113 Å². The molecule has 98 valence electrons. The van der Waals surface area contributed by atoms with Gasteiger partial charge in [0.2, 0.25) is 0 Å². The van der Waals surface area contributed by atoms with E-state index in [0.29, 0.717) is 6.42 Å². The van der Waals surface area contributed by atoms with E-state index in [9.17, 15) is 8.42 Å². The molecule has 3 nitrogen and oxygen atoms in total. The first-order valence-electron chi connectivity index (χ1n) is 6.03. The van der Waals surface area contributed by atoms with Crippen molar-refractivity contribution in [3.8, 4) is 0 Å². The average molecular weight is 273 g/mol. The lowest BCUT2D eigenvalue weighted by atomic mass is 10.2. The summed E-state index contributed by atoms with van der Waals surface area (Å²) in [5.74, 6) is 0.0281. The van der Waals surface area contributed by atoms with Crippen LogP contribution in [0.4, 0.5) is 0 Å². The lowest BCUT2D eigenvalue weighted by Gasteiger charge is -1.99. The van der Waals surface area contributed by atoms with Crippen molar-refractivity contribution in [2.45, 2.75) is 6.42 Å². The van der Waals surface area contributed by atoms with Crippen molar-refractivity contribution in [3.05, 3.63) is 71.8 Å². The first-order valence-corrected chi connectivity index (χ1v) is 7.64. The number of benzene rings is 2. The third kappa shape index (κ3) is 4.67. The summed E-state index contributed by atoms with van der Waals surface area (Å²) in [5.41, 5.74) is 1.78. The van der Waals surface area contributed by atoms with E-state index in [-0.39, 0.29) is 5.75 Å². The van der Waals surface area contributed by atoms with Crippen molar-refractivity contribution in [2.24, 2.45) is 4.40 Å². The molecule has 2 aromatic carbocycles. The number of aryl methyl sites for hydroxylation is 1. The van der Waals surface area contributed by atoms with Crippen molar-refractivity contribution in [2.75, 3.05) is 5.75 Å². The predicted molar refractivity (Wildman–Crippen MR) is 78.0 cm³/mol. The molecule has 0 N–H and O–H groups in total. The molecule has 0 aliphatic rings. The molecule has 0 amide bonds. The molecule has 0 saturated heterocycles. The summed E-state index contributed by atoms with van der Waals surface area (Å²) in [6.45, 7) is 0. The van der Waals surface area contributed by atoms with E-state index >= 15 is 0 Å². The molecule has 0 bridgehead atoms. The SMILES string of the molecule is O=S(=O)(CCc1ccccc1)/N=C/c1ccccc1. The largest absolute Gasteiger partial charge is 0.253 e. The van der Waals surface area contributed by atoms with Crippen LogP contribution in [0.25, 0.3) is 0 Å². The second-order valence-corrected chi connectivity index (χ2v) is 5.95. The van der Waals surface area contributed by atoms with Gasteiger partial charge in [-0.05, 0) is 17.5 Å². The molecular formula is C15H15NO2S. The summed E-state index contributed by atoms with van der Waals surface area (Å²) in [6.07, 6.45) is 1.87. The van der Waals surface area contributed by atoms with Crippen LogP contribution >= 0.6 is 0 Å². The van der Waals surface area contributed by atoms with Gasteiger partial charge >= 0.3 is 0 Å². The predicted octanol–water partition coefficient (Wildman–Crippen LogP) is 2.68. The monoisotopic (exact) mass is 273 g/mol. The number of sulfonamides is 1. The van der Waals surface area contributed by atoms with Gasteiger partial charge in [0.15, 0.2) is 0 Å². The van der Waals surface area contributed by atoms with Crippen LogP contribution in [0.1, 0.15) is 11.1 Å². The lowest BCUT2D eigenvalue weighted by molar-refractivity contribution is 0.597. The molecule has 0 aliphatic heterocycles. The second kappa shape index (κ2) is 6.29. The molecule has 0 spiro atoms. The Balaban J connectivity index is 1.98. The van der Waals surface area contributed by atoms with Crippen LogP contribution in [-0.2, 0) is 16.4 Å². The van der Waals surface area contributed by atoms with E-state index in [4.69, 9.17) is 0 Å². The Bertz CT molecular complexity index is 634. The molecule has 0 unspecified atom stereocenters. The fraction of sp³-hybridized carbons (Fsp3) is 0.133. The smallest absolute Gasteiger partial charge is 0.205 e. The molecule has 2 aromatic rings. The molecule has 2 rings (SSSR count). The van der Waals surface area contributed by atoms with Crippen molar-refractivity contribution >= 4 is 16.2 Å². The highest BCUT2D eigenvalue weighted by Gasteiger charge is 2.07. The first-order chi connectivity index (χ1) is 9.16. The molecule has 0 fully saturated rings. The third-order valence-corrected chi connectivity index (χ3v) is 3.80. The average Bonchev–Trinajstić information content (AvgIpc) is 2.46. The Kier molecular flexibility index (Phi) is 4.47. The van der Waals surface area contributed by atoms with Crippen molar-refractivity contribution < 1.29 is 8.42 Å². The van der Waals surface area contributed by atoms with Gasteiger partial charge in [0.25, 0.3) is 10.0 Å². The molecule has 0 aliphatic carbocycles. The van der Waals surface area contributed by atoms with Crippen LogP contribution < -0.4 is 0 Å². The number of hydrogen-bond donors (Lipinski definition) is 0. The van der Waals surface area contributed by atoms with Gasteiger partial charge < -0.3 is 0 Å². The van der Waals surface area contributed by atoms with E-state index in [0.717, 1.165) is 11.1 Å². The third-order valence-electron chi connectivity index (χ3n) is 2.65. The van der Waals surface area contributed by atoms with Crippen LogP contribution in [0, 0.1) is 0 Å². The Morgan fingerprint density at radius 2 is 1.47 bits per heavy atom. The van der Waals surface area contributed by atoms with Gasteiger partial charge in [0, 0.05) is 6.21 Å². The molecule has 0 aromatic heterocycles. The molecule has 19 heavy (non-hydrogen) atoms. The minimum absolute atomic E-state index is 0.0281. The van der Waals surface area contributed by atoms with Gasteiger partial charge in [-0.1, -0.05) is 60.7 Å². The van der Waals surface area contributed by atoms with Gasteiger partial charge in [0.05, 0.1) is 5.75 Å². The molecule has 0 heterocycles. The van der Waals surface area contributed by atoms with Gasteiger partial charge in [-0.25, -0.2) is 8.42 Å². The second-order valence-electron chi connectivity index (χ2n) is 4.17. The lowest BCUT2D eigenvalue weighted by Crippen LogP contribution is -2.06. The Hall–Kier alpha value is -1.94. The van der Waals surface area contributed by atoms with Gasteiger partial charge in [0.1, 0.15) is 0 Å². The summed E-state index contributed by atoms with van der Waals surface area (Å²) in [4.78, 5) is 0. The van der Waals surface area contributed by atoms with Crippen LogP contribution in [0.3, 0.4) is 0 Å². The Morgan fingerprint density at radius 3 is 2.11 bits per heavy atom. The standard InChI is InChI=1S/C15H15NO2S/c17-19(18,12-11-14-7-3-1-4-8-14)16-13-15-9-5-2-6-10-15/h1-10,13H,11-12H2/b16-13+. The zero-order valence-corrected chi connectivity index (χ0v) is 11.3. The molecular weight excluding hydrogens is 258 g/mol.